The van der Waals surface area contributed by atoms with E-state index in [4.69, 9.17) is 38.9 Å². The number of nitrogens with zero attached hydrogens (tertiary/aromatic N) is 4. The van der Waals surface area contributed by atoms with Crippen molar-refractivity contribution < 1.29 is 98.2 Å². The maximum Gasteiger partial charge on any atom is 0.341 e. The molecule has 0 spiro atoms. The Kier molecular flexibility index (Phi) is 20.1. The lowest BCUT2D eigenvalue weighted by molar-refractivity contribution is -0.140. The highest BCUT2D eigenvalue weighted by atomic mass is 16.5. The summed E-state index contributed by atoms with van der Waals surface area (Å²) >= 11 is 0. The molecular weight excluding hydrogens is 1190 g/mol. The predicted octanol–water partition coefficient (Wildman–Crippen LogP) is 10.0. The van der Waals surface area contributed by atoms with Gasteiger partial charge in [-0.3, -0.25) is 20.0 Å². The number of carbonyl (C=O) groups is 8. The smallest absolute Gasteiger partial charge is 0.341 e. The van der Waals surface area contributed by atoms with Crippen LogP contribution in [0.25, 0.3) is 0 Å². The molecule has 8 aromatic rings. The van der Waals surface area contributed by atoms with Gasteiger partial charge in [0.15, 0.2) is 26.4 Å². The minimum Gasteiger partial charge on any atom is -0.481 e. The fourth-order valence-electron chi connectivity index (χ4n) is 9.83. The van der Waals surface area contributed by atoms with Gasteiger partial charge in [0.05, 0.1) is 45.0 Å². The Morgan fingerprint density at radius 2 is 0.446 bits per heavy atom. The third kappa shape index (κ3) is 16.9. The monoisotopic (exact) mass is 1240 g/mol. The summed E-state index contributed by atoms with van der Waals surface area (Å²) in [5.41, 5.74) is 4.44. The first-order chi connectivity index (χ1) is 44.1. The number of benzene rings is 8. The predicted molar refractivity (Wildman–Crippen MR) is 332 cm³/mol. The largest absolute Gasteiger partial charge is 0.481 e. The zero-order valence-corrected chi connectivity index (χ0v) is 48.1. The highest BCUT2D eigenvalue weighted by Gasteiger charge is 2.26. The van der Waals surface area contributed by atoms with E-state index >= 15 is 0 Å². The summed E-state index contributed by atoms with van der Waals surface area (Å²) in [6.07, 6.45) is 4.64. The van der Waals surface area contributed by atoms with Crippen LogP contribution in [0.3, 0.4) is 0 Å². The number of rotatable bonds is 24. The van der Waals surface area contributed by atoms with E-state index < -0.39 is 74.2 Å². The number of ether oxygens (including phenoxy) is 4. The molecule has 0 fully saturated rings. The summed E-state index contributed by atoms with van der Waals surface area (Å²) in [6.45, 7) is -3.66. The molecule has 0 atom stereocenters. The zero-order chi connectivity index (χ0) is 65.6. The Bertz CT molecular complexity index is 3700. The molecule has 1 aliphatic carbocycles. The first kappa shape index (κ1) is 63.9. The fraction of sp³-hybridized carbons (Fsp3) is 0.118. The van der Waals surface area contributed by atoms with Gasteiger partial charge in [0.2, 0.25) is 0 Å². The van der Waals surface area contributed by atoms with Crippen molar-refractivity contribution in [3.63, 3.8) is 0 Å². The van der Waals surface area contributed by atoms with E-state index in [1.807, 2.05) is 0 Å². The Morgan fingerprint density at radius 3 is 0.587 bits per heavy atom. The van der Waals surface area contributed by atoms with Crippen molar-refractivity contribution >= 4 is 95.4 Å². The summed E-state index contributed by atoms with van der Waals surface area (Å²) in [5.74, 6) is -10.3. The van der Waals surface area contributed by atoms with Gasteiger partial charge in [0, 0.05) is 95.0 Å². The molecule has 1 aliphatic rings. The molecule has 9 rings (SSSR count). The van der Waals surface area contributed by atoms with Crippen molar-refractivity contribution in [3.8, 4) is 23.0 Å². The maximum atomic E-state index is 12.6. The molecular formula is C68H52N4O20. The molecule has 92 heavy (non-hydrogen) atoms. The van der Waals surface area contributed by atoms with Gasteiger partial charge in [-0.05, 0) is 119 Å². The van der Waals surface area contributed by atoms with Crippen LogP contribution in [0.5, 0.6) is 23.0 Å². The van der Waals surface area contributed by atoms with Crippen LogP contribution >= 0.6 is 0 Å². The second-order valence-corrected chi connectivity index (χ2v) is 20.6. The van der Waals surface area contributed by atoms with E-state index in [9.17, 15) is 79.2 Å². The first-order valence-electron chi connectivity index (χ1n) is 27.6. The number of aliphatic imine (C=N–C) groups is 4. The van der Waals surface area contributed by atoms with Crippen LogP contribution in [0.1, 0.15) is 108 Å². The standard InChI is InChI=1S/C68H52N4O20/c73-57(74)33-89-61-45-17-47-23-54(70-30-38-3-11-42(12-4-38)66(83)84)25-49(62(47)90-34-58(75)76)19-51-27-56(72-32-40-7-15-44(16-8-40)68(87)88)28-52(64(51)92-36-60(79)80)20-50-26-55(71-31-39-5-13-43(14-6-39)67(85)86)24-48(63(50)91-35-59(77)78)18-46(61)22-53(21-45)69-29-37-1-9-41(10-2-37)65(81)82/h1-16,21-32H,17-20,33-36H2,(H,73,74)(H,75,76)(H,77,78)(H,79,80)(H,81,82)(H,83,84)(H,85,86)(H,87,88). The number of aromatic carboxylic acids is 4. The Balaban J connectivity index is 1.38. The Morgan fingerprint density at radius 1 is 0.283 bits per heavy atom. The van der Waals surface area contributed by atoms with Gasteiger partial charge < -0.3 is 59.8 Å². The number of carboxylic acids is 8. The molecule has 8 N–H and O–H groups in total. The molecule has 0 amide bonds. The lowest BCUT2D eigenvalue weighted by atomic mass is 9.90. The van der Waals surface area contributed by atoms with Gasteiger partial charge in [0.25, 0.3) is 0 Å². The van der Waals surface area contributed by atoms with Crippen molar-refractivity contribution in [3.05, 3.63) is 235 Å². The topological polar surface area (TPSA) is 385 Å². The average Bonchev–Trinajstić information content (AvgIpc) is 0.806. The average molecular weight is 1250 g/mol. The maximum absolute atomic E-state index is 12.6. The number of aliphatic carboxylic acids is 4. The summed E-state index contributed by atoms with van der Waals surface area (Å²) in [5, 5.41) is 79.3. The van der Waals surface area contributed by atoms with E-state index in [-0.39, 0.29) is 138 Å². The number of carboxylic acid groups (broad SMARTS) is 8. The molecule has 0 aromatic heterocycles. The van der Waals surface area contributed by atoms with Gasteiger partial charge in [-0.15, -0.1) is 0 Å². The third-order valence-electron chi connectivity index (χ3n) is 13.9. The SMILES string of the molecule is O=C(O)COc1c2cc(N=Cc3ccc(C(=O)O)cc3)cc1Cc1cc(N=Cc3ccc(C(=O)O)cc3)cc(c1OCC(=O)O)Cc1cc(N=Cc3ccc(C(=O)O)cc3)cc(c1OCC(=O)O)Cc1cc(N=Cc3ccc(C(=O)O)cc3)cc(c1OCC(=O)O)C2. The lowest BCUT2D eigenvalue weighted by Gasteiger charge is -2.23. The molecule has 0 heterocycles. The van der Waals surface area contributed by atoms with Crippen LogP contribution in [-0.4, -0.2) is 140 Å². The van der Waals surface area contributed by atoms with E-state index in [1.54, 1.807) is 48.5 Å². The summed E-state index contributed by atoms with van der Waals surface area (Å²) < 4.78 is 24.9. The van der Waals surface area contributed by atoms with E-state index in [0.717, 1.165) is 0 Å². The minimum absolute atomic E-state index is 0.00411. The third-order valence-corrected chi connectivity index (χ3v) is 13.9. The van der Waals surface area contributed by atoms with Crippen molar-refractivity contribution in [1.29, 1.82) is 0 Å². The molecule has 464 valence electrons. The molecule has 0 saturated carbocycles. The van der Waals surface area contributed by atoms with Crippen LogP contribution in [0.15, 0.2) is 166 Å². The lowest BCUT2D eigenvalue weighted by Crippen LogP contribution is -2.16. The summed E-state index contributed by atoms with van der Waals surface area (Å²) in [7, 11) is 0. The fourth-order valence-corrected chi connectivity index (χ4v) is 9.83. The van der Waals surface area contributed by atoms with Gasteiger partial charge in [0.1, 0.15) is 23.0 Å². The Labute approximate surface area is 521 Å². The summed E-state index contributed by atoms with van der Waals surface area (Å²) in [4.78, 5) is 116. The van der Waals surface area contributed by atoms with Crippen molar-refractivity contribution in [1.82, 2.24) is 0 Å². The number of fused-ring (bicyclic) bond motifs is 8. The molecule has 0 aliphatic heterocycles. The van der Waals surface area contributed by atoms with Gasteiger partial charge in [-0.25, -0.2) is 38.4 Å². The number of hydrogen-bond donors (Lipinski definition) is 8. The molecule has 0 saturated heterocycles. The van der Waals surface area contributed by atoms with Crippen LogP contribution in [0, 0.1) is 0 Å². The highest BCUT2D eigenvalue weighted by Crippen LogP contribution is 2.44. The van der Waals surface area contributed by atoms with Crippen molar-refractivity contribution in [2.75, 3.05) is 26.4 Å². The van der Waals surface area contributed by atoms with Crippen molar-refractivity contribution in [2.24, 2.45) is 20.0 Å². The molecule has 0 unspecified atom stereocenters. The number of hydrogen-bond acceptors (Lipinski definition) is 16. The molecule has 8 bridgehead atoms. The molecule has 0 radical (unpaired) electrons. The Hall–Kier alpha value is -12.6. The zero-order valence-electron chi connectivity index (χ0n) is 48.1. The highest BCUT2D eigenvalue weighted by molar-refractivity contribution is 5.93. The summed E-state index contributed by atoms with van der Waals surface area (Å²) in [6, 6.07) is 35.7. The molecule has 24 heteroatoms. The van der Waals surface area contributed by atoms with Crippen LogP contribution in [0.2, 0.25) is 0 Å². The van der Waals surface area contributed by atoms with E-state index in [2.05, 4.69) is 0 Å². The van der Waals surface area contributed by atoms with Gasteiger partial charge in [-0.2, -0.15) is 0 Å². The van der Waals surface area contributed by atoms with Gasteiger partial charge >= 0.3 is 47.8 Å². The van der Waals surface area contributed by atoms with Gasteiger partial charge in [-0.1, -0.05) is 48.5 Å². The quantitative estimate of drug-likeness (QED) is 0.0261. The van der Waals surface area contributed by atoms with E-state index in [0.29, 0.717) is 22.3 Å². The van der Waals surface area contributed by atoms with Crippen LogP contribution in [0.4, 0.5) is 22.7 Å². The van der Waals surface area contributed by atoms with Crippen LogP contribution < -0.4 is 18.9 Å². The second-order valence-electron chi connectivity index (χ2n) is 20.6. The van der Waals surface area contributed by atoms with Crippen molar-refractivity contribution in [2.45, 2.75) is 25.7 Å². The molecule has 8 aromatic carbocycles. The van der Waals surface area contributed by atoms with Crippen LogP contribution in [-0.2, 0) is 44.9 Å². The minimum atomic E-state index is -1.39. The normalized spacial score (nSPS) is 12.0. The second kappa shape index (κ2) is 28.9. The van der Waals surface area contributed by atoms with E-state index in [1.165, 1.54) is 122 Å². The molecule has 24 nitrogen and oxygen atoms in total. The first-order valence-corrected chi connectivity index (χ1v) is 27.6.